The minimum Gasteiger partial charge on any atom is -0.461 e. The number of amides is 1. The van der Waals surface area contributed by atoms with Crippen molar-refractivity contribution in [2.75, 3.05) is 39.6 Å². The molecule has 1 aromatic carbocycles. The van der Waals surface area contributed by atoms with E-state index in [4.69, 9.17) is 19.3 Å². The first-order valence-electron chi connectivity index (χ1n) is 11.9. The van der Waals surface area contributed by atoms with E-state index in [1.54, 1.807) is 0 Å². The highest BCUT2D eigenvalue weighted by atomic mass is 19.1. The number of aryl methyl sites for hydroxylation is 1. The Morgan fingerprint density at radius 1 is 1.26 bits per heavy atom. The van der Waals surface area contributed by atoms with Gasteiger partial charge >= 0.3 is 5.97 Å². The summed E-state index contributed by atoms with van der Waals surface area (Å²) in [5.41, 5.74) is 2.09. The number of carbonyl (C=O) groups excluding carboxylic acids is 2. The van der Waals surface area contributed by atoms with Crippen LogP contribution in [-0.2, 0) is 33.6 Å². The first-order valence-corrected chi connectivity index (χ1v) is 11.9. The van der Waals surface area contributed by atoms with Gasteiger partial charge in [-0.1, -0.05) is 13.0 Å². The molecule has 0 aliphatic carbocycles. The van der Waals surface area contributed by atoms with Gasteiger partial charge in [0, 0.05) is 19.8 Å². The highest BCUT2D eigenvalue weighted by molar-refractivity contribution is 5.97. The molecule has 4 heterocycles. The molecule has 0 unspecified atom stereocenters. The van der Waals surface area contributed by atoms with Crippen LogP contribution in [0.1, 0.15) is 51.9 Å². The monoisotopic (exact) mass is 471 g/mol. The van der Waals surface area contributed by atoms with Crippen molar-refractivity contribution in [2.45, 2.75) is 39.2 Å². The maximum atomic E-state index is 13.5. The molecule has 34 heavy (non-hydrogen) atoms. The Bertz CT molecular complexity index is 1090. The molecule has 2 aromatic rings. The average Bonchev–Trinajstić information content (AvgIpc) is 3.09. The Morgan fingerprint density at radius 3 is 2.74 bits per heavy atom. The van der Waals surface area contributed by atoms with Gasteiger partial charge in [-0.15, -0.1) is 0 Å². The van der Waals surface area contributed by atoms with E-state index in [1.165, 1.54) is 24.3 Å². The fourth-order valence-electron chi connectivity index (χ4n) is 5.15. The Hall–Kier alpha value is -2.78. The summed E-state index contributed by atoms with van der Waals surface area (Å²) in [6.07, 6.45) is 3.17. The average molecular weight is 472 g/mol. The van der Waals surface area contributed by atoms with Crippen LogP contribution < -0.4 is 5.32 Å². The van der Waals surface area contributed by atoms with E-state index in [2.05, 4.69) is 5.32 Å². The maximum Gasteiger partial charge on any atom is 0.338 e. The highest BCUT2D eigenvalue weighted by Gasteiger charge is 2.44. The van der Waals surface area contributed by atoms with Gasteiger partial charge in [0.15, 0.2) is 0 Å². The number of carbonyl (C=O) groups is 2. The molecule has 1 N–H and O–H groups in total. The van der Waals surface area contributed by atoms with E-state index in [0.29, 0.717) is 51.5 Å². The first kappa shape index (κ1) is 23.0. The summed E-state index contributed by atoms with van der Waals surface area (Å²) in [4.78, 5) is 25.5. The summed E-state index contributed by atoms with van der Waals surface area (Å²) in [5, 5.41) is 7.95. The Morgan fingerprint density at radius 2 is 2.06 bits per heavy atom. The van der Waals surface area contributed by atoms with Crippen LogP contribution in [0, 0.1) is 16.6 Å². The number of nitrogens with zero attached hydrogens (tertiary/aromatic N) is 2. The van der Waals surface area contributed by atoms with E-state index >= 15 is 0 Å². The van der Waals surface area contributed by atoms with Crippen molar-refractivity contribution in [2.24, 2.45) is 10.8 Å². The van der Waals surface area contributed by atoms with Crippen molar-refractivity contribution in [3.8, 4) is 0 Å². The van der Waals surface area contributed by atoms with Crippen LogP contribution in [0.4, 0.5) is 4.39 Å². The van der Waals surface area contributed by atoms with Crippen molar-refractivity contribution >= 4 is 11.9 Å². The van der Waals surface area contributed by atoms with Gasteiger partial charge < -0.3 is 19.5 Å². The minimum absolute atomic E-state index is 0.0465. The van der Waals surface area contributed by atoms with Crippen molar-refractivity contribution in [3.05, 3.63) is 52.6 Å². The number of hydrogen-bond acceptors (Lipinski definition) is 6. The van der Waals surface area contributed by atoms with Gasteiger partial charge in [-0.25, -0.2) is 9.18 Å². The zero-order valence-electron chi connectivity index (χ0n) is 19.4. The number of esters is 1. The molecule has 3 aliphatic rings. The van der Waals surface area contributed by atoms with Crippen molar-refractivity contribution in [3.63, 3.8) is 0 Å². The fourth-order valence-corrected chi connectivity index (χ4v) is 5.15. The third kappa shape index (κ3) is 4.34. The molecular formula is C25H30FN3O5. The Kier molecular flexibility index (Phi) is 6.16. The number of hydrogen-bond donors (Lipinski definition) is 1. The second kappa shape index (κ2) is 9.11. The quantitative estimate of drug-likeness (QED) is 0.651. The normalized spacial score (nSPS) is 20.7. The molecule has 5 rings (SSSR count). The third-order valence-corrected chi connectivity index (χ3v) is 7.28. The van der Waals surface area contributed by atoms with E-state index < -0.39 is 17.2 Å². The molecule has 2 fully saturated rings. The van der Waals surface area contributed by atoms with Crippen LogP contribution >= 0.6 is 0 Å². The summed E-state index contributed by atoms with van der Waals surface area (Å²) < 4.78 is 32.1. The van der Waals surface area contributed by atoms with Crippen LogP contribution in [0.15, 0.2) is 24.3 Å². The predicted octanol–water partition coefficient (Wildman–Crippen LogP) is 2.54. The molecule has 1 spiro atoms. The SMILES string of the molecule is CCc1nn(CC2(COC(=O)c3cccc(F)c3)COC2)c2c1C(=O)NCC1(CCOCC1)C2. The van der Waals surface area contributed by atoms with Gasteiger partial charge in [0.25, 0.3) is 5.91 Å². The van der Waals surface area contributed by atoms with Gasteiger partial charge in [0.2, 0.25) is 0 Å². The smallest absolute Gasteiger partial charge is 0.338 e. The van der Waals surface area contributed by atoms with E-state index in [-0.39, 0.29) is 23.5 Å². The van der Waals surface area contributed by atoms with Gasteiger partial charge in [0.1, 0.15) is 12.4 Å². The van der Waals surface area contributed by atoms with E-state index in [1.807, 2.05) is 11.6 Å². The van der Waals surface area contributed by atoms with Gasteiger partial charge in [0.05, 0.1) is 47.7 Å². The van der Waals surface area contributed by atoms with Crippen molar-refractivity contribution < 1.29 is 28.2 Å². The molecular weight excluding hydrogens is 441 g/mol. The first-order chi connectivity index (χ1) is 16.4. The van der Waals surface area contributed by atoms with Crippen LogP contribution in [-0.4, -0.2) is 61.2 Å². The van der Waals surface area contributed by atoms with Gasteiger partial charge in [-0.3, -0.25) is 9.48 Å². The lowest BCUT2D eigenvalue weighted by Gasteiger charge is -2.41. The number of aromatic nitrogens is 2. The van der Waals surface area contributed by atoms with E-state index in [9.17, 15) is 14.0 Å². The summed E-state index contributed by atoms with van der Waals surface area (Å²) in [6.45, 7) is 5.46. The lowest BCUT2D eigenvalue weighted by atomic mass is 9.76. The second-order valence-electron chi connectivity index (χ2n) is 9.83. The van der Waals surface area contributed by atoms with Crippen LogP contribution in [0.2, 0.25) is 0 Å². The topological polar surface area (TPSA) is 91.7 Å². The molecule has 0 radical (unpaired) electrons. The summed E-state index contributed by atoms with van der Waals surface area (Å²) >= 11 is 0. The predicted molar refractivity (Wildman–Crippen MR) is 120 cm³/mol. The van der Waals surface area contributed by atoms with Crippen molar-refractivity contribution in [1.82, 2.24) is 15.1 Å². The lowest BCUT2D eigenvalue weighted by Crippen LogP contribution is -2.50. The lowest BCUT2D eigenvalue weighted by molar-refractivity contribution is -0.148. The fraction of sp³-hybridized carbons (Fsp3) is 0.560. The molecule has 0 saturated carbocycles. The van der Waals surface area contributed by atoms with Gasteiger partial charge in [-0.2, -0.15) is 5.10 Å². The number of fused-ring (bicyclic) bond motifs is 1. The zero-order chi connectivity index (χ0) is 23.8. The Labute approximate surface area is 197 Å². The number of ether oxygens (including phenoxy) is 3. The minimum atomic E-state index is -0.570. The number of benzene rings is 1. The van der Waals surface area contributed by atoms with Crippen LogP contribution in [0.3, 0.4) is 0 Å². The highest BCUT2D eigenvalue weighted by Crippen LogP contribution is 2.39. The van der Waals surface area contributed by atoms with Gasteiger partial charge in [-0.05, 0) is 49.3 Å². The largest absolute Gasteiger partial charge is 0.461 e. The van der Waals surface area contributed by atoms with Crippen LogP contribution in [0.5, 0.6) is 0 Å². The number of halogens is 1. The summed E-state index contributed by atoms with van der Waals surface area (Å²) in [7, 11) is 0. The number of nitrogens with one attached hydrogen (secondary N) is 1. The molecule has 2 saturated heterocycles. The number of rotatable bonds is 6. The molecule has 8 nitrogen and oxygen atoms in total. The molecule has 0 atom stereocenters. The standard InChI is InChI=1S/C25H30FN3O5/c1-2-19-21-20(11-24(12-27-22(21)30)6-8-32-9-7-24)29(28-19)13-25(14-33-15-25)16-34-23(31)17-4-3-5-18(26)10-17/h3-5,10H,2,6-9,11-16H2,1H3,(H,27,30). The Balaban J connectivity index is 1.39. The third-order valence-electron chi connectivity index (χ3n) is 7.28. The van der Waals surface area contributed by atoms with Crippen molar-refractivity contribution in [1.29, 1.82) is 0 Å². The zero-order valence-corrected chi connectivity index (χ0v) is 19.4. The summed E-state index contributed by atoms with van der Waals surface area (Å²) in [5.74, 6) is -1.12. The van der Waals surface area contributed by atoms with E-state index in [0.717, 1.165) is 30.7 Å². The van der Waals surface area contributed by atoms with Crippen LogP contribution in [0.25, 0.3) is 0 Å². The molecule has 3 aliphatic heterocycles. The molecule has 1 aromatic heterocycles. The maximum absolute atomic E-state index is 13.5. The molecule has 0 bridgehead atoms. The molecule has 9 heteroatoms. The molecule has 182 valence electrons. The molecule has 1 amide bonds. The second-order valence-corrected chi connectivity index (χ2v) is 9.83. The summed E-state index contributed by atoms with van der Waals surface area (Å²) in [6, 6.07) is 5.46.